The van der Waals surface area contributed by atoms with Gasteiger partial charge in [-0.05, 0) is 12.1 Å². The molecule has 0 bridgehead atoms. The average Bonchev–Trinajstić information content (AvgIpc) is 2.71. The maximum absolute atomic E-state index is 12.4. The maximum Gasteiger partial charge on any atom is 0.432 e. The van der Waals surface area contributed by atoms with Gasteiger partial charge >= 0.3 is 11.9 Å². The molecule has 18 heavy (non-hydrogen) atoms. The molecular formula is C11H6F3N3O. The van der Waals surface area contributed by atoms with E-state index in [-0.39, 0.29) is 5.69 Å². The number of imidazole rings is 1. The van der Waals surface area contributed by atoms with Crippen LogP contribution in [-0.2, 0) is 6.18 Å². The molecule has 7 heteroatoms. The molecule has 0 atom stereocenters. The number of hydrogen-bond donors (Lipinski definition) is 1. The number of benzene rings is 1. The molecule has 1 N–H and O–H groups in total. The highest BCUT2D eigenvalue weighted by Gasteiger charge is 2.33. The minimum absolute atomic E-state index is 0.263. The molecule has 1 aromatic carbocycles. The quantitative estimate of drug-likeness (QED) is 0.780. The molecule has 0 radical (unpaired) electrons. The third-order valence-corrected chi connectivity index (χ3v) is 2.28. The lowest BCUT2D eigenvalue weighted by molar-refractivity contribution is -0.141. The van der Waals surface area contributed by atoms with Crippen molar-refractivity contribution >= 4 is 5.69 Å². The zero-order chi connectivity index (χ0) is 13.3. The van der Waals surface area contributed by atoms with Gasteiger partial charge in [0.2, 0.25) is 0 Å². The van der Waals surface area contributed by atoms with Crippen LogP contribution in [0, 0.1) is 6.57 Å². The van der Waals surface area contributed by atoms with E-state index in [1.54, 1.807) is 4.98 Å². The summed E-state index contributed by atoms with van der Waals surface area (Å²) in [5, 5.41) is 0. The van der Waals surface area contributed by atoms with E-state index in [9.17, 15) is 18.0 Å². The Morgan fingerprint density at radius 1 is 1.22 bits per heavy atom. The molecular weight excluding hydrogens is 247 g/mol. The normalized spacial score (nSPS) is 11.2. The van der Waals surface area contributed by atoms with Crippen molar-refractivity contribution in [1.82, 2.24) is 9.55 Å². The van der Waals surface area contributed by atoms with Gasteiger partial charge in [-0.2, -0.15) is 13.2 Å². The summed E-state index contributed by atoms with van der Waals surface area (Å²) < 4.78 is 38.0. The van der Waals surface area contributed by atoms with E-state index in [0.29, 0.717) is 11.9 Å². The van der Waals surface area contributed by atoms with Crippen molar-refractivity contribution in [3.05, 3.63) is 58.1 Å². The average molecular weight is 253 g/mol. The fraction of sp³-hybridized carbons (Fsp3) is 0.0909. The number of H-pyrrole nitrogens is 1. The fourth-order valence-corrected chi connectivity index (χ4v) is 1.42. The molecule has 1 aromatic heterocycles. The van der Waals surface area contributed by atoms with Crippen molar-refractivity contribution in [3.63, 3.8) is 0 Å². The number of rotatable bonds is 1. The Morgan fingerprint density at radius 3 is 2.28 bits per heavy atom. The van der Waals surface area contributed by atoms with Gasteiger partial charge in [-0.15, -0.1) is 0 Å². The zero-order valence-electron chi connectivity index (χ0n) is 8.82. The fourth-order valence-electron chi connectivity index (χ4n) is 1.42. The van der Waals surface area contributed by atoms with E-state index in [4.69, 9.17) is 6.57 Å². The molecule has 0 aliphatic carbocycles. The van der Waals surface area contributed by atoms with Crippen LogP contribution < -0.4 is 5.69 Å². The summed E-state index contributed by atoms with van der Waals surface area (Å²) in [4.78, 5) is 16.3. The van der Waals surface area contributed by atoms with Crippen LogP contribution in [0.1, 0.15) is 5.69 Å². The summed E-state index contributed by atoms with van der Waals surface area (Å²) in [6.45, 7) is 6.75. The van der Waals surface area contributed by atoms with Crippen LogP contribution in [0.25, 0.3) is 10.5 Å². The van der Waals surface area contributed by atoms with Crippen molar-refractivity contribution in [2.45, 2.75) is 6.18 Å². The van der Waals surface area contributed by atoms with Gasteiger partial charge in [-0.1, -0.05) is 12.1 Å². The van der Waals surface area contributed by atoms with Gasteiger partial charge in [0, 0.05) is 11.9 Å². The third kappa shape index (κ3) is 2.13. The minimum atomic E-state index is -4.60. The lowest BCUT2D eigenvalue weighted by Gasteiger charge is -2.02. The second-order valence-corrected chi connectivity index (χ2v) is 3.47. The van der Waals surface area contributed by atoms with Crippen molar-refractivity contribution in [2.24, 2.45) is 0 Å². The van der Waals surface area contributed by atoms with E-state index in [0.717, 1.165) is 4.57 Å². The van der Waals surface area contributed by atoms with Gasteiger partial charge in [0.05, 0.1) is 6.57 Å². The van der Waals surface area contributed by atoms with Crippen LogP contribution in [0.3, 0.4) is 0 Å². The first-order chi connectivity index (χ1) is 8.41. The molecule has 0 amide bonds. The predicted molar refractivity (Wildman–Crippen MR) is 57.7 cm³/mol. The number of halogens is 3. The van der Waals surface area contributed by atoms with E-state index >= 15 is 0 Å². The number of nitrogens with zero attached hydrogens (tertiary/aromatic N) is 2. The van der Waals surface area contributed by atoms with Crippen LogP contribution in [0.4, 0.5) is 18.9 Å². The Balaban J connectivity index is 2.48. The van der Waals surface area contributed by atoms with Crippen molar-refractivity contribution in [3.8, 4) is 5.69 Å². The second-order valence-electron chi connectivity index (χ2n) is 3.47. The van der Waals surface area contributed by atoms with Crippen LogP contribution >= 0.6 is 0 Å². The molecule has 2 rings (SSSR count). The topological polar surface area (TPSA) is 42.1 Å². The largest absolute Gasteiger partial charge is 0.432 e. The van der Waals surface area contributed by atoms with Crippen molar-refractivity contribution < 1.29 is 13.2 Å². The molecule has 0 aliphatic heterocycles. The summed E-state index contributed by atoms with van der Waals surface area (Å²) in [6.07, 6.45) is -3.91. The summed E-state index contributed by atoms with van der Waals surface area (Å²) in [7, 11) is 0. The number of alkyl halides is 3. The van der Waals surface area contributed by atoms with Gasteiger partial charge in [0.25, 0.3) is 0 Å². The Labute approximate surface area is 99.1 Å². The maximum atomic E-state index is 12.4. The lowest BCUT2D eigenvalue weighted by Crippen LogP contribution is -2.14. The highest BCUT2D eigenvalue weighted by Crippen LogP contribution is 2.27. The molecule has 0 spiro atoms. The molecule has 0 aliphatic rings. The van der Waals surface area contributed by atoms with E-state index in [1.807, 2.05) is 0 Å². The van der Waals surface area contributed by atoms with Gasteiger partial charge < -0.3 is 4.98 Å². The second kappa shape index (κ2) is 4.07. The molecule has 0 unspecified atom stereocenters. The first-order valence-corrected chi connectivity index (χ1v) is 4.78. The predicted octanol–water partition coefficient (Wildman–Crippen LogP) is 2.74. The SMILES string of the molecule is [C-]#[N+]c1ccc(-n2cc(C(F)(F)F)[nH]c2=O)cc1. The highest BCUT2D eigenvalue weighted by molar-refractivity contribution is 5.49. The van der Waals surface area contributed by atoms with E-state index < -0.39 is 17.6 Å². The Morgan fingerprint density at radius 2 is 1.83 bits per heavy atom. The Hall–Kier alpha value is -2.49. The number of nitrogens with one attached hydrogen (secondary N) is 1. The van der Waals surface area contributed by atoms with Gasteiger partial charge in [0.1, 0.15) is 5.69 Å². The van der Waals surface area contributed by atoms with Crippen LogP contribution in [0.15, 0.2) is 35.3 Å². The lowest BCUT2D eigenvalue weighted by atomic mass is 10.3. The highest BCUT2D eigenvalue weighted by atomic mass is 19.4. The van der Waals surface area contributed by atoms with Gasteiger partial charge in [0.15, 0.2) is 5.69 Å². The molecule has 4 nitrogen and oxygen atoms in total. The smallest absolute Gasteiger partial charge is 0.302 e. The third-order valence-electron chi connectivity index (χ3n) is 2.28. The molecule has 0 saturated carbocycles. The first kappa shape index (κ1) is 12.0. The summed E-state index contributed by atoms with van der Waals surface area (Å²) in [6, 6.07) is 5.66. The first-order valence-electron chi connectivity index (χ1n) is 4.78. The van der Waals surface area contributed by atoms with E-state index in [1.165, 1.54) is 24.3 Å². The Kier molecular flexibility index (Phi) is 2.71. The summed E-state index contributed by atoms with van der Waals surface area (Å²) >= 11 is 0. The van der Waals surface area contributed by atoms with Crippen LogP contribution in [-0.4, -0.2) is 9.55 Å². The number of aromatic nitrogens is 2. The Bertz CT molecular complexity index is 659. The molecule has 2 aromatic rings. The van der Waals surface area contributed by atoms with Crippen molar-refractivity contribution in [2.75, 3.05) is 0 Å². The monoisotopic (exact) mass is 253 g/mol. The molecule has 0 fully saturated rings. The van der Waals surface area contributed by atoms with Crippen molar-refractivity contribution in [1.29, 1.82) is 0 Å². The molecule has 0 saturated heterocycles. The molecule has 1 heterocycles. The van der Waals surface area contributed by atoms with Crippen LogP contribution in [0.2, 0.25) is 0 Å². The van der Waals surface area contributed by atoms with E-state index in [2.05, 4.69) is 4.85 Å². The van der Waals surface area contributed by atoms with Gasteiger partial charge in [-0.25, -0.2) is 9.64 Å². The van der Waals surface area contributed by atoms with Crippen LogP contribution in [0.5, 0.6) is 0 Å². The standard InChI is InChI=1S/C11H6F3N3O/c1-15-7-2-4-8(5-3-7)17-6-9(11(12,13)14)16-10(17)18/h2-6H,(H,16,18). The zero-order valence-corrected chi connectivity index (χ0v) is 8.82. The van der Waals surface area contributed by atoms with Gasteiger partial charge in [-0.3, -0.25) is 4.57 Å². The summed E-state index contributed by atoms with van der Waals surface area (Å²) in [5.74, 6) is 0. The number of aromatic amines is 1. The number of hydrogen-bond acceptors (Lipinski definition) is 1. The minimum Gasteiger partial charge on any atom is -0.302 e. The molecule has 92 valence electrons. The summed E-state index contributed by atoms with van der Waals surface area (Å²) in [5.41, 5.74) is -1.38.